The van der Waals surface area contributed by atoms with Crippen molar-refractivity contribution in [2.75, 3.05) is 39.9 Å². The van der Waals surface area contributed by atoms with Crippen molar-refractivity contribution in [1.82, 2.24) is 25.3 Å². The monoisotopic (exact) mass is 404 g/mol. The van der Waals surface area contributed by atoms with E-state index in [1.165, 1.54) is 0 Å². The third kappa shape index (κ3) is 5.47. The van der Waals surface area contributed by atoms with Crippen molar-refractivity contribution in [1.29, 1.82) is 0 Å². The molecule has 1 aromatic carbocycles. The Kier molecular flexibility index (Phi) is 6.93. The Hall–Kier alpha value is -2.09. The van der Waals surface area contributed by atoms with Gasteiger partial charge in [-0.25, -0.2) is 4.68 Å². The van der Waals surface area contributed by atoms with Gasteiger partial charge in [0.05, 0.1) is 25.1 Å². The molecule has 152 valence electrons. The molecule has 0 radical (unpaired) electrons. The number of hydrogen-bond acceptors (Lipinski definition) is 4. The summed E-state index contributed by atoms with van der Waals surface area (Å²) in [4.78, 5) is 6.79. The summed E-state index contributed by atoms with van der Waals surface area (Å²) in [5, 5.41) is 11.9. The number of benzene rings is 1. The maximum atomic E-state index is 5.95. The fraction of sp³-hybridized carbons (Fsp3) is 0.500. The van der Waals surface area contributed by atoms with Crippen LogP contribution in [-0.4, -0.2) is 66.1 Å². The summed E-state index contributed by atoms with van der Waals surface area (Å²) in [6.07, 6.45) is 3.85. The molecule has 28 heavy (non-hydrogen) atoms. The van der Waals surface area contributed by atoms with E-state index in [9.17, 15) is 0 Å². The smallest absolute Gasteiger partial charge is 0.191 e. The number of aliphatic imine (C=N–C) groups is 1. The molecule has 1 aliphatic heterocycles. The van der Waals surface area contributed by atoms with Crippen LogP contribution < -0.4 is 10.6 Å². The van der Waals surface area contributed by atoms with Crippen LogP contribution in [0.3, 0.4) is 0 Å². The highest BCUT2D eigenvalue weighted by Gasteiger charge is 2.28. The Morgan fingerprint density at radius 2 is 1.93 bits per heavy atom. The van der Waals surface area contributed by atoms with Crippen molar-refractivity contribution >= 4 is 17.6 Å². The molecule has 0 saturated carbocycles. The second kappa shape index (κ2) is 9.41. The minimum Gasteiger partial charge on any atom is -0.379 e. The molecule has 1 fully saturated rings. The Morgan fingerprint density at radius 1 is 1.21 bits per heavy atom. The van der Waals surface area contributed by atoms with Gasteiger partial charge in [-0.3, -0.25) is 9.89 Å². The zero-order valence-corrected chi connectivity index (χ0v) is 17.5. The molecule has 0 bridgehead atoms. The summed E-state index contributed by atoms with van der Waals surface area (Å²) < 4.78 is 7.29. The molecular weight excluding hydrogens is 376 g/mol. The lowest BCUT2D eigenvalue weighted by atomic mass is 10.0. The van der Waals surface area contributed by atoms with Crippen molar-refractivity contribution in [2.45, 2.75) is 25.9 Å². The van der Waals surface area contributed by atoms with Crippen LogP contribution in [0.25, 0.3) is 5.69 Å². The number of nitrogens with one attached hydrogen (secondary N) is 2. The van der Waals surface area contributed by atoms with Gasteiger partial charge in [0.1, 0.15) is 0 Å². The molecule has 7 nitrogen and oxygen atoms in total. The van der Waals surface area contributed by atoms with E-state index in [0.29, 0.717) is 11.6 Å². The molecule has 1 aliphatic rings. The van der Waals surface area contributed by atoms with Gasteiger partial charge >= 0.3 is 0 Å². The van der Waals surface area contributed by atoms with Crippen LogP contribution in [0, 0.1) is 0 Å². The van der Waals surface area contributed by atoms with Gasteiger partial charge in [-0.2, -0.15) is 5.10 Å². The summed E-state index contributed by atoms with van der Waals surface area (Å²) in [6, 6.07) is 7.61. The SMILES string of the molecule is CN=C(NCc1cnn(-c2ccc(Cl)cc2)c1)NCC(C)(C)N1CCOCC1. The first-order valence-electron chi connectivity index (χ1n) is 9.55. The van der Waals surface area contributed by atoms with Gasteiger partial charge < -0.3 is 15.4 Å². The van der Waals surface area contributed by atoms with Crippen molar-refractivity contribution in [3.63, 3.8) is 0 Å². The Morgan fingerprint density at radius 3 is 2.61 bits per heavy atom. The van der Waals surface area contributed by atoms with Crippen LogP contribution in [0.15, 0.2) is 41.7 Å². The van der Waals surface area contributed by atoms with Gasteiger partial charge in [0.15, 0.2) is 5.96 Å². The molecule has 2 heterocycles. The van der Waals surface area contributed by atoms with Crippen LogP contribution in [0.5, 0.6) is 0 Å². The van der Waals surface area contributed by atoms with E-state index in [1.807, 2.05) is 41.3 Å². The van der Waals surface area contributed by atoms with E-state index in [0.717, 1.165) is 50.1 Å². The fourth-order valence-electron chi connectivity index (χ4n) is 3.17. The van der Waals surface area contributed by atoms with Gasteiger partial charge in [-0.1, -0.05) is 11.6 Å². The lowest BCUT2D eigenvalue weighted by Gasteiger charge is -2.41. The predicted molar refractivity (Wildman–Crippen MR) is 113 cm³/mol. The number of hydrogen-bond donors (Lipinski definition) is 2. The first-order chi connectivity index (χ1) is 13.5. The Bertz CT molecular complexity index is 780. The van der Waals surface area contributed by atoms with E-state index < -0.39 is 0 Å². The van der Waals surface area contributed by atoms with E-state index in [-0.39, 0.29) is 5.54 Å². The number of nitrogens with zero attached hydrogens (tertiary/aromatic N) is 4. The van der Waals surface area contributed by atoms with Gasteiger partial charge in [0.2, 0.25) is 0 Å². The minimum atomic E-state index is 0.0286. The zero-order valence-electron chi connectivity index (χ0n) is 16.8. The lowest BCUT2D eigenvalue weighted by Crippen LogP contribution is -2.56. The molecule has 0 spiro atoms. The molecule has 3 rings (SSSR count). The number of aromatic nitrogens is 2. The molecule has 0 atom stereocenters. The van der Waals surface area contributed by atoms with Crippen molar-refractivity contribution in [3.05, 3.63) is 47.2 Å². The predicted octanol–water partition coefficient (Wildman–Crippen LogP) is 2.30. The average molecular weight is 405 g/mol. The fourth-order valence-corrected chi connectivity index (χ4v) is 3.30. The summed E-state index contributed by atoms with van der Waals surface area (Å²) >= 11 is 5.95. The topological polar surface area (TPSA) is 66.7 Å². The quantitative estimate of drug-likeness (QED) is 0.571. The highest BCUT2D eigenvalue weighted by Crippen LogP contribution is 2.15. The van der Waals surface area contributed by atoms with Gasteiger partial charge in [0.25, 0.3) is 0 Å². The van der Waals surface area contributed by atoms with Crippen LogP contribution in [0.1, 0.15) is 19.4 Å². The summed E-state index contributed by atoms with van der Waals surface area (Å²) in [7, 11) is 1.79. The molecule has 2 N–H and O–H groups in total. The molecule has 0 aliphatic carbocycles. The highest BCUT2D eigenvalue weighted by molar-refractivity contribution is 6.30. The van der Waals surface area contributed by atoms with Gasteiger partial charge in [0, 0.05) is 55.5 Å². The van der Waals surface area contributed by atoms with Gasteiger partial charge in [-0.05, 0) is 38.1 Å². The number of guanidine groups is 1. The maximum Gasteiger partial charge on any atom is 0.191 e. The third-order valence-electron chi connectivity index (χ3n) is 4.97. The Labute approximate surface area is 171 Å². The van der Waals surface area contributed by atoms with Crippen molar-refractivity contribution in [2.24, 2.45) is 4.99 Å². The lowest BCUT2D eigenvalue weighted by molar-refractivity contribution is -0.00834. The summed E-state index contributed by atoms with van der Waals surface area (Å²) in [5.41, 5.74) is 2.08. The molecule has 1 aromatic heterocycles. The normalized spacial score (nSPS) is 16.2. The zero-order chi connectivity index (χ0) is 20.0. The number of morpholine rings is 1. The first-order valence-corrected chi connectivity index (χ1v) is 9.92. The third-order valence-corrected chi connectivity index (χ3v) is 5.22. The van der Waals surface area contributed by atoms with E-state index in [1.54, 1.807) is 7.05 Å². The number of halogens is 1. The van der Waals surface area contributed by atoms with Crippen LogP contribution in [-0.2, 0) is 11.3 Å². The van der Waals surface area contributed by atoms with Crippen LogP contribution in [0.4, 0.5) is 0 Å². The van der Waals surface area contributed by atoms with E-state index >= 15 is 0 Å². The standard InChI is InChI=1S/C20H29ClN6O/c1-20(2,26-8-10-28-11-9-26)15-24-19(22-3)23-12-16-13-25-27(14-16)18-6-4-17(21)5-7-18/h4-7,13-14H,8-12,15H2,1-3H3,(H2,22,23,24). The maximum absolute atomic E-state index is 5.95. The largest absolute Gasteiger partial charge is 0.379 e. The molecule has 0 amide bonds. The van der Waals surface area contributed by atoms with E-state index in [4.69, 9.17) is 16.3 Å². The van der Waals surface area contributed by atoms with Crippen molar-refractivity contribution < 1.29 is 4.74 Å². The Balaban J connectivity index is 1.51. The van der Waals surface area contributed by atoms with Crippen LogP contribution >= 0.6 is 11.6 Å². The molecular formula is C20H29ClN6O. The number of ether oxygens (including phenoxy) is 1. The number of rotatable bonds is 6. The van der Waals surface area contributed by atoms with Crippen molar-refractivity contribution in [3.8, 4) is 5.69 Å². The molecule has 2 aromatic rings. The van der Waals surface area contributed by atoms with Gasteiger partial charge in [-0.15, -0.1) is 0 Å². The summed E-state index contributed by atoms with van der Waals surface area (Å²) in [5.74, 6) is 0.778. The molecule has 1 saturated heterocycles. The second-order valence-electron chi connectivity index (χ2n) is 7.46. The van der Waals surface area contributed by atoms with E-state index in [2.05, 4.69) is 39.5 Å². The second-order valence-corrected chi connectivity index (χ2v) is 7.90. The molecule has 8 heteroatoms. The molecule has 0 unspecified atom stereocenters. The summed E-state index contributed by atoms with van der Waals surface area (Å²) in [6.45, 7) is 9.46. The highest BCUT2D eigenvalue weighted by atomic mass is 35.5. The average Bonchev–Trinajstić information content (AvgIpc) is 3.18. The minimum absolute atomic E-state index is 0.0286. The first kappa shape index (κ1) is 20.6. The van der Waals surface area contributed by atoms with Crippen LogP contribution in [0.2, 0.25) is 5.02 Å².